The first-order valence-corrected chi connectivity index (χ1v) is 2.76. The first-order valence-electron chi connectivity index (χ1n) is 2.05. The van der Waals surface area contributed by atoms with Gasteiger partial charge >= 0.3 is 0 Å². The Labute approximate surface area is 42.7 Å². The van der Waals surface area contributed by atoms with Gasteiger partial charge in [-0.1, -0.05) is 19.9 Å². The lowest BCUT2D eigenvalue weighted by Crippen LogP contribution is -1.93. The molecule has 35 valence electrons. The van der Waals surface area contributed by atoms with Gasteiger partial charge in [0.05, 0.1) is 0 Å². The third-order valence-corrected chi connectivity index (χ3v) is 0.841. The second-order valence-corrected chi connectivity index (χ2v) is 4.02. The van der Waals surface area contributed by atoms with E-state index in [4.69, 9.17) is 0 Å². The number of hydrogen-bond donors (Lipinski definition) is 0. The molecule has 0 saturated heterocycles. The highest BCUT2D eigenvalue weighted by Crippen LogP contribution is 2.17. The van der Waals surface area contributed by atoms with Crippen LogP contribution in [0.15, 0.2) is 12.7 Å². The van der Waals surface area contributed by atoms with Crippen molar-refractivity contribution in [2.45, 2.75) is 18.9 Å². The molecule has 1 heteroatoms. The highest BCUT2D eigenvalue weighted by atomic mass is 28.1. The lowest BCUT2D eigenvalue weighted by atomic mass is 10.2. The Morgan fingerprint density at radius 3 is 1.83 bits per heavy atom. The molecule has 0 spiro atoms. The molecule has 0 bridgehead atoms. The monoisotopic (exact) mass is 99.1 g/mol. The van der Waals surface area contributed by atoms with Crippen molar-refractivity contribution in [3.63, 3.8) is 0 Å². The van der Waals surface area contributed by atoms with E-state index < -0.39 is 0 Å². The van der Waals surface area contributed by atoms with Crippen molar-refractivity contribution in [2.75, 3.05) is 0 Å². The van der Waals surface area contributed by atoms with Crippen LogP contribution < -0.4 is 0 Å². The van der Waals surface area contributed by atoms with Crippen molar-refractivity contribution in [1.29, 1.82) is 0 Å². The minimum atomic E-state index is 0.333. The number of rotatable bonds is 1. The second-order valence-electron chi connectivity index (χ2n) is 2.19. The molecule has 0 fully saturated rings. The van der Waals surface area contributed by atoms with Gasteiger partial charge in [0.1, 0.15) is 0 Å². The first-order chi connectivity index (χ1) is 2.56. The summed E-state index contributed by atoms with van der Waals surface area (Å²) in [6.07, 6.45) is 1.95. The molecule has 0 aromatic heterocycles. The summed E-state index contributed by atoms with van der Waals surface area (Å²) >= 11 is 0. The van der Waals surface area contributed by atoms with Gasteiger partial charge in [-0.2, -0.15) is 0 Å². The molecule has 0 nitrogen and oxygen atoms in total. The predicted octanol–water partition coefficient (Wildman–Crippen LogP) is 1.00. The Balaban J connectivity index is 3.45. The van der Waals surface area contributed by atoms with E-state index in [2.05, 4.69) is 20.4 Å². The number of hydrogen-bond acceptors (Lipinski definition) is 0. The molecule has 0 aromatic rings. The van der Waals surface area contributed by atoms with E-state index in [0.29, 0.717) is 5.04 Å². The van der Waals surface area contributed by atoms with E-state index in [1.54, 1.807) is 0 Å². The molecular formula is C5H11Si. The molecule has 0 aliphatic heterocycles. The molecule has 0 saturated carbocycles. The lowest BCUT2D eigenvalue weighted by molar-refractivity contribution is 0.864. The van der Waals surface area contributed by atoms with Gasteiger partial charge < -0.3 is 0 Å². The average molecular weight is 99.2 g/mol. The summed E-state index contributed by atoms with van der Waals surface area (Å²) in [6, 6.07) is 0. The summed E-state index contributed by atoms with van der Waals surface area (Å²) in [5.74, 6) is 0. The van der Waals surface area contributed by atoms with Gasteiger partial charge in [-0.3, -0.25) is 0 Å². The fourth-order valence-electron chi connectivity index (χ4n) is 0. The van der Waals surface area contributed by atoms with Gasteiger partial charge in [0, 0.05) is 10.2 Å². The van der Waals surface area contributed by atoms with Crippen LogP contribution in [0.4, 0.5) is 0 Å². The van der Waals surface area contributed by atoms with E-state index in [1.807, 2.05) is 16.3 Å². The van der Waals surface area contributed by atoms with Crippen LogP contribution >= 0.6 is 0 Å². The third kappa shape index (κ3) is 3.96. The SMILES string of the molecule is C=CC(C)(C)[SiH2]. The minimum Gasteiger partial charge on any atom is -0.103 e. The summed E-state index contributed by atoms with van der Waals surface area (Å²) < 4.78 is 0. The molecule has 6 heavy (non-hydrogen) atoms. The van der Waals surface area contributed by atoms with Gasteiger partial charge in [-0.15, -0.1) is 6.58 Å². The van der Waals surface area contributed by atoms with Crippen molar-refractivity contribution >= 4 is 10.2 Å². The topological polar surface area (TPSA) is 0 Å². The fourth-order valence-corrected chi connectivity index (χ4v) is 0. The fraction of sp³-hybridized carbons (Fsp3) is 0.600. The van der Waals surface area contributed by atoms with Crippen molar-refractivity contribution in [2.24, 2.45) is 0 Å². The minimum absolute atomic E-state index is 0.333. The Kier molecular flexibility index (Phi) is 1.59. The highest BCUT2D eigenvalue weighted by Gasteiger charge is 1.99. The first kappa shape index (κ1) is 5.96. The summed E-state index contributed by atoms with van der Waals surface area (Å²) in [4.78, 5) is 0. The largest absolute Gasteiger partial charge is 0.103 e. The van der Waals surface area contributed by atoms with Crippen LogP contribution in [0.5, 0.6) is 0 Å². The van der Waals surface area contributed by atoms with E-state index in [1.165, 1.54) is 0 Å². The quantitative estimate of drug-likeness (QED) is 0.340. The third-order valence-electron chi connectivity index (χ3n) is 0.553. The zero-order valence-corrected chi connectivity index (χ0v) is 5.91. The molecule has 0 heterocycles. The number of allylic oxidation sites excluding steroid dienone is 1. The van der Waals surface area contributed by atoms with Crippen LogP contribution in [0.3, 0.4) is 0 Å². The van der Waals surface area contributed by atoms with Crippen LogP contribution in [0, 0.1) is 0 Å². The van der Waals surface area contributed by atoms with Crippen molar-refractivity contribution in [3.8, 4) is 0 Å². The van der Waals surface area contributed by atoms with Gasteiger partial charge in [0.15, 0.2) is 0 Å². The molecule has 0 amide bonds. The highest BCUT2D eigenvalue weighted by molar-refractivity contribution is 6.15. The van der Waals surface area contributed by atoms with Crippen LogP contribution in [0.1, 0.15) is 13.8 Å². The van der Waals surface area contributed by atoms with Gasteiger partial charge in [-0.05, 0) is 5.04 Å². The molecule has 0 unspecified atom stereocenters. The summed E-state index contributed by atoms with van der Waals surface area (Å²) in [6.45, 7) is 7.91. The van der Waals surface area contributed by atoms with Crippen molar-refractivity contribution in [1.82, 2.24) is 0 Å². The average Bonchev–Trinajstić information content (AvgIpc) is 1.35. The smallest absolute Gasteiger partial charge is 0.0206 e. The van der Waals surface area contributed by atoms with E-state index in [9.17, 15) is 0 Å². The van der Waals surface area contributed by atoms with E-state index in [0.717, 1.165) is 0 Å². The zero-order valence-electron chi connectivity index (χ0n) is 4.49. The van der Waals surface area contributed by atoms with Gasteiger partial charge in [0.2, 0.25) is 0 Å². The molecular weight excluding hydrogens is 88.1 g/mol. The predicted molar refractivity (Wildman–Crippen MR) is 32.8 cm³/mol. The molecule has 0 atom stereocenters. The maximum atomic E-state index is 3.64. The van der Waals surface area contributed by atoms with Crippen molar-refractivity contribution < 1.29 is 0 Å². The zero-order chi connectivity index (χ0) is 5.21. The maximum absolute atomic E-state index is 3.64. The Bertz CT molecular complexity index is 49.4. The van der Waals surface area contributed by atoms with E-state index in [-0.39, 0.29) is 0 Å². The van der Waals surface area contributed by atoms with Gasteiger partial charge in [-0.25, -0.2) is 0 Å². The maximum Gasteiger partial charge on any atom is 0.0206 e. The molecule has 0 rings (SSSR count). The lowest BCUT2D eigenvalue weighted by Gasteiger charge is -2.08. The molecule has 0 N–H and O–H groups in total. The Morgan fingerprint density at radius 2 is 1.83 bits per heavy atom. The Hall–Kier alpha value is -0.0431. The van der Waals surface area contributed by atoms with Gasteiger partial charge in [0.25, 0.3) is 0 Å². The van der Waals surface area contributed by atoms with Crippen LogP contribution in [-0.4, -0.2) is 10.2 Å². The summed E-state index contributed by atoms with van der Waals surface area (Å²) in [5.41, 5.74) is 0. The molecule has 0 aromatic carbocycles. The second kappa shape index (κ2) is 1.60. The molecule has 1 radical (unpaired) electrons. The van der Waals surface area contributed by atoms with Crippen LogP contribution in [-0.2, 0) is 0 Å². The van der Waals surface area contributed by atoms with E-state index >= 15 is 0 Å². The van der Waals surface area contributed by atoms with Crippen molar-refractivity contribution in [3.05, 3.63) is 12.7 Å². The normalized spacial score (nSPS) is 11.2. The molecule has 0 aliphatic carbocycles. The molecule has 0 aliphatic rings. The summed E-state index contributed by atoms with van der Waals surface area (Å²) in [5, 5.41) is 0.333. The standard InChI is InChI=1S/C5H11Si/c1-4-5(2,3)6/h4H,1,6H2,2-3H3. The summed E-state index contributed by atoms with van der Waals surface area (Å²) in [7, 11) is 1.94. The van der Waals surface area contributed by atoms with Crippen LogP contribution in [0.25, 0.3) is 0 Å². The van der Waals surface area contributed by atoms with Crippen LogP contribution in [0.2, 0.25) is 5.04 Å². The Morgan fingerprint density at radius 1 is 1.67 bits per heavy atom.